The van der Waals surface area contributed by atoms with E-state index in [4.69, 9.17) is 11.6 Å². The van der Waals surface area contributed by atoms with E-state index < -0.39 is 0 Å². The molecule has 98 valence electrons. The van der Waals surface area contributed by atoms with Gasteiger partial charge in [0.2, 0.25) is 0 Å². The van der Waals surface area contributed by atoms with Crippen LogP contribution >= 0.6 is 11.6 Å². The Kier molecular flexibility index (Phi) is 3.38. The molecule has 1 fully saturated rings. The van der Waals surface area contributed by atoms with Gasteiger partial charge in [0.25, 0.3) is 5.91 Å². The summed E-state index contributed by atoms with van der Waals surface area (Å²) in [6.07, 6.45) is 3.42. The van der Waals surface area contributed by atoms with Crippen molar-refractivity contribution in [2.75, 3.05) is 13.1 Å². The number of hydrogen-bond acceptors (Lipinski definition) is 2. The smallest absolute Gasteiger partial charge is 0.273 e. The molecular formula is C15H15ClN2O. The molecule has 1 aliphatic heterocycles. The molecule has 1 aliphatic rings. The minimum Gasteiger partial charge on any atom is -0.337 e. The molecule has 1 aromatic heterocycles. The zero-order valence-electron chi connectivity index (χ0n) is 10.6. The van der Waals surface area contributed by atoms with Crippen molar-refractivity contribution in [1.82, 2.24) is 9.88 Å². The van der Waals surface area contributed by atoms with Gasteiger partial charge in [0, 0.05) is 30.0 Å². The molecule has 2 aromatic rings. The van der Waals surface area contributed by atoms with E-state index in [0.717, 1.165) is 36.7 Å². The Morgan fingerprint density at radius 1 is 1.21 bits per heavy atom. The second kappa shape index (κ2) is 5.17. The van der Waals surface area contributed by atoms with Crippen molar-refractivity contribution >= 4 is 28.3 Å². The fourth-order valence-corrected chi connectivity index (χ4v) is 2.69. The van der Waals surface area contributed by atoms with Gasteiger partial charge in [-0.2, -0.15) is 0 Å². The van der Waals surface area contributed by atoms with E-state index in [1.807, 2.05) is 35.2 Å². The van der Waals surface area contributed by atoms with Crippen molar-refractivity contribution in [3.63, 3.8) is 0 Å². The van der Waals surface area contributed by atoms with Crippen molar-refractivity contribution in [2.45, 2.75) is 18.2 Å². The van der Waals surface area contributed by atoms with Gasteiger partial charge in [0.15, 0.2) is 0 Å². The van der Waals surface area contributed by atoms with Crippen molar-refractivity contribution in [1.29, 1.82) is 0 Å². The molecule has 1 aromatic carbocycles. The zero-order valence-corrected chi connectivity index (χ0v) is 11.3. The fraction of sp³-hybridized carbons (Fsp3) is 0.333. The fourth-order valence-electron chi connectivity index (χ4n) is 2.49. The summed E-state index contributed by atoms with van der Waals surface area (Å²) in [5.41, 5.74) is 0.547. The number of aromatic nitrogens is 1. The van der Waals surface area contributed by atoms with Gasteiger partial charge < -0.3 is 4.90 Å². The molecule has 2 heterocycles. The Morgan fingerprint density at radius 2 is 1.95 bits per heavy atom. The second-order valence-corrected chi connectivity index (χ2v) is 5.46. The highest BCUT2D eigenvalue weighted by Crippen LogP contribution is 2.21. The standard InChI is InChI=1S/C15H15ClN2O/c16-12-6-9-18(10-7-12)15(19)14-13-4-2-1-3-11(13)5-8-17-14/h1-5,8,12H,6-7,9-10H2. The van der Waals surface area contributed by atoms with Crippen LogP contribution in [0.15, 0.2) is 36.5 Å². The van der Waals surface area contributed by atoms with E-state index in [2.05, 4.69) is 4.98 Å². The number of piperidine rings is 1. The normalized spacial score (nSPS) is 16.8. The lowest BCUT2D eigenvalue weighted by Crippen LogP contribution is -2.39. The van der Waals surface area contributed by atoms with E-state index in [-0.39, 0.29) is 11.3 Å². The van der Waals surface area contributed by atoms with Crippen LogP contribution in [0.25, 0.3) is 10.8 Å². The molecule has 0 N–H and O–H groups in total. The molecule has 1 saturated heterocycles. The third-order valence-corrected chi connectivity index (χ3v) is 4.02. The topological polar surface area (TPSA) is 33.2 Å². The van der Waals surface area contributed by atoms with Gasteiger partial charge >= 0.3 is 0 Å². The third kappa shape index (κ3) is 2.43. The summed E-state index contributed by atoms with van der Waals surface area (Å²) in [5, 5.41) is 2.17. The number of amides is 1. The van der Waals surface area contributed by atoms with Gasteiger partial charge in [-0.05, 0) is 24.3 Å². The Balaban J connectivity index is 1.93. The lowest BCUT2D eigenvalue weighted by Gasteiger charge is -2.29. The van der Waals surface area contributed by atoms with E-state index in [1.165, 1.54) is 0 Å². The summed E-state index contributed by atoms with van der Waals surface area (Å²) >= 11 is 6.07. The Labute approximate surface area is 117 Å². The van der Waals surface area contributed by atoms with Gasteiger partial charge in [-0.1, -0.05) is 24.3 Å². The molecule has 0 radical (unpaired) electrons. The number of rotatable bonds is 1. The molecule has 0 spiro atoms. The molecule has 0 unspecified atom stereocenters. The van der Waals surface area contributed by atoms with Crippen LogP contribution in [0.4, 0.5) is 0 Å². The minimum atomic E-state index is 0.0142. The number of benzene rings is 1. The molecule has 0 aliphatic carbocycles. The molecule has 3 nitrogen and oxygen atoms in total. The first-order valence-corrected chi connectivity index (χ1v) is 6.96. The van der Waals surface area contributed by atoms with Crippen LogP contribution in [0.3, 0.4) is 0 Å². The summed E-state index contributed by atoms with van der Waals surface area (Å²) in [4.78, 5) is 18.7. The molecular weight excluding hydrogens is 260 g/mol. The van der Waals surface area contributed by atoms with Crippen molar-refractivity contribution in [3.05, 3.63) is 42.2 Å². The molecule has 19 heavy (non-hydrogen) atoms. The average molecular weight is 275 g/mol. The first-order valence-electron chi connectivity index (χ1n) is 6.53. The van der Waals surface area contributed by atoms with E-state index in [1.54, 1.807) is 6.20 Å². The molecule has 4 heteroatoms. The highest BCUT2D eigenvalue weighted by Gasteiger charge is 2.24. The predicted molar refractivity (Wildman–Crippen MR) is 76.5 cm³/mol. The number of halogens is 1. The Morgan fingerprint density at radius 3 is 2.74 bits per heavy atom. The summed E-state index contributed by atoms with van der Waals surface area (Å²) in [5.74, 6) is 0.0142. The summed E-state index contributed by atoms with van der Waals surface area (Å²) < 4.78 is 0. The number of likely N-dealkylation sites (tertiary alicyclic amines) is 1. The monoisotopic (exact) mass is 274 g/mol. The first kappa shape index (κ1) is 12.4. The van der Waals surface area contributed by atoms with Crippen LogP contribution in [0, 0.1) is 0 Å². The van der Waals surface area contributed by atoms with Crippen LogP contribution < -0.4 is 0 Å². The van der Waals surface area contributed by atoms with Gasteiger partial charge in [-0.3, -0.25) is 9.78 Å². The van der Waals surface area contributed by atoms with Crippen molar-refractivity contribution < 1.29 is 4.79 Å². The SMILES string of the molecule is O=C(c1nccc2ccccc12)N1CCC(Cl)CC1. The number of hydrogen-bond donors (Lipinski definition) is 0. The molecule has 0 atom stereocenters. The van der Waals surface area contributed by atoms with Gasteiger partial charge in [0.1, 0.15) is 5.69 Å². The van der Waals surface area contributed by atoms with Crippen LogP contribution in [0.5, 0.6) is 0 Å². The largest absolute Gasteiger partial charge is 0.337 e. The second-order valence-electron chi connectivity index (χ2n) is 4.85. The lowest BCUT2D eigenvalue weighted by atomic mass is 10.1. The van der Waals surface area contributed by atoms with Crippen LogP contribution in [-0.4, -0.2) is 34.3 Å². The number of fused-ring (bicyclic) bond motifs is 1. The first-order chi connectivity index (χ1) is 9.25. The summed E-state index contributed by atoms with van der Waals surface area (Å²) in [7, 11) is 0. The van der Waals surface area contributed by atoms with Crippen molar-refractivity contribution in [2.24, 2.45) is 0 Å². The van der Waals surface area contributed by atoms with E-state index >= 15 is 0 Å². The molecule has 0 bridgehead atoms. The maximum Gasteiger partial charge on any atom is 0.273 e. The van der Waals surface area contributed by atoms with E-state index in [0.29, 0.717) is 5.69 Å². The zero-order chi connectivity index (χ0) is 13.2. The van der Waals surface area contributed by atoms with Gasteiger partial charge in [0.05, 0.1) is 0 Å². The van der Waals surface area contributed by atoms with Gasteiger partial charge in [-0.25, -0.2) is 0 Å². The highest BCUT2D eigenvalue weighted by molar-refractivity contribution is 6.20. The van der Waals surface area contributed by atoms with Crippen molar-refractivity contribution in [3.8, 4) is 0 Å². The molecule has 3 rings (SSSR count). The van der Waals surface area contributed by atoms with Gasteiger partial charge in [-0.15, -0.1) is 11.6 Å². The Hall–Kier alpha value is -1.61. The molecule has 0 saturated carbocycles. The average Bonchev–Trinajstić information content (AvgIpc) is 2.47. The summed E-state index contributed by atoms with van der Waals surface area (Å²) in [6.45, 7) is 1.44. The van der Waals surface area contributed by atoms with Crippen LogP contribution in [-0.2, 0) is 0 Å². The number of carbonyl (C=O) groups is 1. The van der Waals surface area contributed by atoms with Crippen LogP contribution in [0.1, 0.15) is 23.3 Å². The Bertz CT molecular complexity index is 601. The number of alkyl halides is 1. The number of carbonyl (C=O) groups excluding carboxylic acids is 1. The number of nitrogens with zero attached hydrogens (tertiary/aromatic N) is 2. The highest BCUT2D eigenvalue weighted by atomic mass is 35.5. The van der Waals surface area contributed by atoms with E-state index in [9.17, 15) is 4.79 Å². The third-order valence-electron chi connectivity index (χ3n) is 3.59. The summed E-state index contributed by atoms with van der Waals surface area (Å²) in [6, 6.07) is 9.78. The minimum absolute atomic E-state index is 0.0142. The molecule has 1 amide bonds. The predicted octanol–water partition coefficient (Wildman–Crippen LogP) is 3.08. The maximum absolute atomic E-state index is 12.5. The number of pyridine rings is 1. The quantitative estimate of drug-likeness (QED) is 0.749. The maximum atomic E-state index is 12.5. The van der Waals surface area contributed by atoms with Crippen LogP contribution in [0.2, 0.25) is 0 Å². The lowest BCUT2D eigenvalue weighted by molar-refractivity contribution is 0.0723.